The molecule has 0 aliphatic carbocycles. The lowest BCUT2D eigenvalue weighted by molar-refractivity contribution is 0.131. The normalized spacial score (nSPS) is 12.6. The van der Waals surface area contributed by atoms with E-state index in [1.165, 1.54) is 4.31 Å². The zero-order chi connectivity index (χ0) is 14.0. The van der Waals surface area contributed by atoms with Gasteiger partial charge in [-0.3, -0.25) is 0 Å². The van der Waals surface area contributed by atoms with Gasteiger partial charge in [-0.05, 0) is 20.3 Å². The highest BCUT2D eigenvalue weighted by Gasteiger charge is 2.23. The molecule has 0 unspecified atom stereocenters. The molecule has 0 rings (SSSR count). The van der Waals surface area contributed by atoms with Gasteiger partial charge in [0.1, 0.15) is 0 Å². The highest BCUT2D eigenvalue weighted by molar-refractivity contribution is 9.09. The van der Waals surface area contributed by atoms with Gasteiger partial charge in [0.15, 0.2) is 0 Å². The van der Waals surface area contributed by atoms with Crippen molar-refractivity contribution in [3.63, 3.8) is 0 Å². The molecule has 0 bridgehead atoms. The van der Waals surface area contributed by atoms with Crippen LogP contribution >= 0.6 is 15.9 Å². The van der Waals surface area contributed by atoms with Crippen molar-refractivity contribution < 1.29 is 17.9 Å². The summed E-state index contributed by atoms with van der Waals surface area (Å²) in [7, 11) is -1.65. The van der Waals surface area contributed by atoms with Crippen molar-refractivity contribution in [2.24, 2.45) is 0 Å². The third kappa shape index (κ3) is 7.68. The summed E-state index contributed by atoms with van der Waals surface area (Å²) < 4.78 is 35.9. The molecule has 0 aliphatic rings. The summed E-state index contributed by atoms with van der Waals surface area (Å²) in [6, 6.07) is -0.0508. The van der Waals surface area contributed by atoms with Crippen LogP contribution in [0.5, 0.6) is 0 Å². The summed E-state index contributed by atoms with van der Waals surface area (Å²) >= 11 is 3.26. The Morgan fingerprint density at radius 2 is 1.89 bits per heavy atom. The van der Waals surface area contributed by atoms with Gasteiger partial charge in [0, 0.05) is 31.6 Å². The van der Waals surface area contributed by atoms with E-state index in [9.17, 15) is 8.42 Å². The van der Waals surface area contributed by atoms with Gasteiger partial charge in [0.25, 0.3) is 0 Å². The molecule has 0 aliphatic heterocycles. The van der Waals surface area contributed by atoms with Crippen LogP contribution in [0.1, 0.15) is 20.3 Å². The molecule has 0 aromatic carbocycles. The van der Waals surface area contributed by atoms with E-state index in [1.54, 1.807) is 7.11 Å². The molecular formula is C11H24BrNO4S. The Kier molecular flexibility index (Phi) is 10.3. The second kappa shape index (κ2) is 10.1. The number of ether oxygens (including phenoxy) is 2. The minimum absolute atomic E-state index is 0.0508. The van der Waals surface area contributed by atoms with Crippen LogP contribution in [-0.2, 0) is 19.5 Å². The Balaban J connectivity index is 4.29. The van der Waals surface area contributed by atoms with E-state index >= 15 is 0 Å². The molecule has 0 fully saturated rings. The largest absolute Gasteiger partial charge is 0.385 e. The highest BCUT2D eigenvalue weighted by Crippen LogP contribution is 2.08. The molecule has 0 aromatic heterocycles. The maximum atomic E-state index is 12.1. The molecule has 0 saturated heterocycles. The average molecular weight is 346 g/mol. The molecule has 0 radical (unpaired) electrons. The molecule has 0 aromatic rings. The minimum atomic E-state index is -3.22. The monoisotopic (exact) mass is 345 g/mol. The van der Waals surface area contributed by atoms with Crippen LogP contribution in [0.25, 0.3) is 0 Å². The maximum absolute atomic E-state index is 12.1. The van der Waals surface area contributed by atoms with E-state index in [0.29, 0.717) is 32.8 Å². The quantitative estimate of drug-likeness (QED) is 0.420. The number of halogens is 1. The molecule has 0 heterocycles. The number of alkyl halides is 1. The number of nitrogens with zero attached hydrogens (tertiary/aromatic N) is 1. The predicted octanol–water partition coefficient (Wildman–Crippen LogP) is 1.47. The van der Waals surface area contributed by atoms with Gasteiger partial charge in [0.05, 0.1) is 19.0 Å². The second-order valence-electron chi connectivity index (χ2n) is 4.17. The van der Waals surface area contributed by atoms with Gasteiger partial charge in [-0.1, -0.05) is 15.9 Å². The zero-order valence-corrected chi connectivity index (χ0v) is 13.8. The Morgan fingerprint density at radius 1 is 1.22 bits per heavy atom. The summed E-state index contributed by atoms with van der Waals surface area (Å²) in [4.78, 5) is 0. The zero-order valence-electron chi connectivity index (χ0n) is 11.4. The molecule has 7 heteroatoms. The van der Waals surface area contributed by atoms with Crippen LogP contribution in [0.2, 0.25) is 0 Å². The van der Waals surface area contributed by atoms with Crippen molar-refractivity contribution >= 4 is 26.0 Å². The number of hydrogen-bond acceptors (Lipinski definition) is 4. The molecule has 0 atom stereocenters. The Hall–Kier alpha value is 0.310. The van der Waals surface area contributed by atoms with Gasteiger partial charge in [-0.2, -0.15) is 4.31 Å². The van der Waals surface area contributed by atoms with Crippen molar-refractivity contribution in [2.75, 3.05) is 44.6 Å². The Morgan fingerprint density at radius 3 is 2.39 bits per heavy atom. The van der Waals surface area contributed by atoms with E-state index in [4.69, 9.17) is 9.47 Å². The molecule has 5 nitrogen and oxygen atoms in total. The topological polar surface area (TPSA) is 55.8 Å². The van der Waals surface area contributed by atoms with Gasteiger partial charge in [-0.25, -0.2) is 8.42 Å². The smallest absolute Gasteiger partial charge is 0.214 e. The fourth-order valence-corrected chi connectivity index (χ4v) is 3.47. The van der Waals surface area contributed by atoms with Crippen molar-refractivity contribution in [3.05, 3.63) is 0 Å². The average Bonchev–Trinajstić information content (AvgIpc) is 2.28. The SMILES string of the molecule is COCCCS(=O)(=O)N(CCOCCBr)C(C)C. The lowest BCUT2D eigenvalue weighted by Gasteiger charge is -2.25. The highest BCUT2D eigenvalue weighted by atomic mass is 79.9. The first-order valence-corrected chi connectivity index (χ1v) is 8.81. The van der Waals surface area contributed by atoms with Gasteiger partial charge in [-0.15, -0.1) is 0 Å². The van der Waals surface area contributed by atoms with Crippen molar-refractivity contribution in [1.29, 1.82) is 0 Å². The predicted molar refractivity (Wildman–Crippen MR) is 76.7 cm³/mol. The summed E-state index contributed by atoms with van der Waals surface area (Å²) in [6.45, 7) is 5.63. The first-order valence-electron chi connectivity index (χ1n) is 6.08. The summed E-state index contributed by atoms with van der Waals surface area (Å²) in [5.74, 6) is 0.122. The first-order chi connectivity index (χ1) is 8.45. The standard InChI is InChI=1S/C11H24BrNO4S/c1-11(2)13(6-9-17-8-5-12)18(14,15)10-4-7-16-3/h11H,4-10H2,1-3H3. The molecule has 110 valence electrons. The Bertz CT molecular complexity index is 295. The fraction of sp³-hybridized carbons (Fsp3) is 1.00. The number of rotatable bonds is 11. The van der Waals surface area contributed by atoms with E-state index in [0.717, 1.165) is 5.33 Å². The van der Waals surface area contributed by atoms with Crippen LogP contribution in [0, 0.1) is 0 Å². The third-order valence-electron chi connectivity index (χ3n) is 2.36. The van der Waals surface area contributed by atoms with E-state index in [2.05, 4.69) is 15.9 Å². The van der Waals surface area contributed by atoms with E-state index in [-0.39, 0.29) is 11.8 Å². The van der Waals surface area contributed by atoms with Crippen LogP contribution in [-0.4, -0.2) is 63.3 Å². The summed E-state index contributed by atoms with van der Waals surface area (Å²) in [6.07, 6.45) is 0.518. The van der Waals surface area contributed by atoms with Gasteiger partial charge in [0.2, 0.25) is 10.0 Å². The second-order valence-corrected chi connectivity index (χ2v) is 7.00. The lowest BCUT2D eigenvalue weighted by atomic mass is 10.4. The molecule has 0 N–H and O–H groups in total. The number of methoxy groups -OCH3 is 1. The fourth-order valence-electron chi connectivity index (χ4n) is 1.53. The molecule has 0 amide bonds. The van der Waals surface area contributed by atoms with E-state index < -0.39 is 10.0 Å². The minimum Gasteiger partial charge on any atom is -0.385 e. The van der Waals surface area contributed by atoms with Crippen LogP contribution in [0.4, 0.5) is 0 Å². The molecule has 18 heavy (non-hydrogen) atoms. The van der Waals surface area contributed by atoms with Crippen molar-refractivity contribution in [2.45, 2.75) is 26.3 Å². The third-order valence-corrected chi connectivity index (χ3v) is 4.81. The Labute approximate surface area is 119 Å². The lowest BCUT2D eigenvalue weighted by Crippen LogP contribution is -2.40. The van der Waals surface area contributed by atoms with Crippen LogP contribution < -0.4 is 0 Å². The number of hydrogen-bond donors (Lipinski definition) is 0. The van der Waals surface area contributed by atoms with Gasteiger partial charge >= 0.3 is 0 Å². The van der Waals surface area contributed by atoms with Crippen molar-refractivity contribution in [3.8, 4) is 0 Å². The molecular weight excluding hydrogens is 322 g/mol. The maximum Gasteiger partial charge on any atom is 0.214 e. The first kappa shape index (κ1) is 18.3. The summed E-state index contributed by atoms with van der Waals surface area (Å²) in [5, 5.41) is 0.759. The number of sulfonamides is 1. The van der Waals surface area contributed by atoms with E-state index in [1.807, 2.05) is 13.8 Å². The van der Waals surface area contributed by atoms with Crippen LogP contribution in [0.3, 0.4) is 0 Å². The molecule has 0 spiro atoms. The van der Waals surface area contributed by atoms with Gasteiger partial charge < -0.3 is 9.47 Å². The summed E-state index contributed by atoms with van der Waals surface area (Å²) in [5.41, 5.74) is 0. The molecule has 0 saturated carbocycles. The van der Waals surface area contributed by atoms with Crippen LogP contribution in [0.15, 0.2) is 0 Å². The van der Waals surface area contributed by atoms with Crippen molar-refractivity contribution in [1.82, 2.24) is 4.31 Å².